The van der Waals surface area contributed by atoms with Crippen LogP contribution in [-0.4, -0.2) is 111 Å². The van der Waals surface area contributed by atoms with Crippen molar-refractivity contribution in [2.75, 3.05) is 73.7 Å². The van der Waals surface area contributed by atoms with E-state index in [-0.39, 0.29) is 12.6 Å². The van der Waals surface area contributed by atoms with Gasteiger partial charge < -0.3 is 24.4 Å². The van der Waals surface area contributed by atoms with Gasteiger partial charge in [-0.3, -0.25) is 9.74 Å². The summed E-state index contributed by atoms with van der Waals surface area (Å²) in [5, 5.41) is 12.4. The van der Waals surface area contributed by atoms with Crippen molar-refractivity contribution in [2.24, 2.45) is 0 Å². The fraction of sp³-hybridized carbons (Fsp3) is 0.667. The molecule has 1 aromatic carbocycles. The monoisotopic (exact) mass is 422 g/mol. The van der Waals surface area contributed by atoms with Crippen molar-refractivity contribution in [2.45, 2.75) is 19.1 Å². The van der Waals surface area contributed by atoms with Crippen molar-refractivity contribution in [3.63, 3.8) is 0 Å². The summed E-state index contributed by atoms with van der Waals surface area (Å²) >= 11 is 0. The SMILES string of the molecule is COc1ccc(CN2CCCO2)cc1OCC(O)CN1CCN(C(=O)N(C)C)CC1. The largest absolute Gasteiger partial charge is 0.493 e. The van der Waals surface area contributed by atoms with E-state index in [0.29, 0.717) is 37.7 Å². The van der Waals surface area contributed by atoms with Gasteiger partial charge >= 0.3 is 6.03 Å². The van der Waals surface area contributed by atoms with Crippen LogP contribution in [0.1, 0.15) is 12.0 Å². The summed E-state index contributed by atoms with van der Waals surface area (Å²) in [5.74, 6) is 1.26. The molecule has 2 fully saturated rings. The Morgan fingerprint density at radius 3 is 2.60 bits per heavy atom. The van der Waals surface area contributed by atoms with E-state index in [9.17, 15) is 9.90 Å². The summed E-state index contributed by atoms with van der Waals surface area (Å²) < 4.78 is 11.3. The van der Waals surface area contributed by atoms with Gasteiger partial charge in [0.05, 0.1) is 13.7 Å². The maximum atomic E-state index is 12.0. The predicted octanol–water partition coefficient (Wildman–Crippen LogP) is 0.871. The number of hydrogen-bond donors (Lipinski definition) is 1. The van der Waals surface area contributed by atoms with Gasteiger partial charge in [0.25, 0.3) is 0 Å². The Morgan fingerprint density at radius 1 is 1.20 bits per heavy atom. The number of benzene rings is 1. The minimum absolute atomic E-state index is 0.0323. The first-order chi connectivity index (χ1) is 14.5. The Balaban J connectivity index is 1.47. The molecule has 3 rings (SSSR count). The molecule has 9 nitrogen and oxygen atoms in total. The summed E-state index contributed by atoms with van der Waals surface area (Å²) in [7, 11) is 5.13. The van der Waals surface area contributed by atoms with Gasteiger partial charge in [0.15, 0.2) is 11.5 Å². The third-order valence-corrected chi connectivity index (χ3v) is 5.34. The van der Waals surface area contributed by atoms with Crippen LogP contribution in [0.15, 0.2) is 18.2 Å². The molecule has 1 atom stereocenters. The second-order valence-corrected chi connectivity index (χ2v) is 7.97. The number of piperazine rings is 1. The lowest BCUT2D eigenvalue weighted by Crippen LogP contribution is -2.53. The Labute approximate surface area is 178 Å². The fourth-order valence-electron chi connectivity index (χ4n) is 3.70. The zero-order valence-electron chi connectivity index (χ0n) is 18.2. The highest BCUT2D eigenvalue weighted by atomic mass is 16.7. The van der Waals surface area contributed by atoms with Gasteiger partial charge in [-0.15, -0.1) is 0 Å². The van der Waals surface area contributed by atoms with Gasteiger partial charge in [0.2, 0.25) is 0 Å². The second kappa shape index (κ2) is 10.8. The molecule has 1 unspecified atom stereocenters. The normalized spacial score (nSPS) is 19.0. The average Bonchev–Trinajstić information content (AvgIpc) is 3.25. The first-order valence-corrected chi connectivity index (χ1v) is 10.5. The van der Waals surface area contributed by atoms with Gasteiger partial charge in [0, 0.05) is 59.9 Å². The first-order valence-electron chi connectivity index (χ1n) is 10.5. The number of aliphatic hydroxyl groups is 1. The second-order valence-electron chi connectivity index (χ2n) is 7.97. The molecule has 168 valence electrons. The van der Waals surface area contributed by atoms with Crippen LogP contribution in [0.5, 0.6) is 11.5 Å². The summed E-state index contributed by atoms with van der Waals surface area (Å²) in [6.45, 7) is 5.88. The summed E-state index contributed by atoms with van der Waals surface area (Å²) in [4.78, 5) is 23.2. The molecule has 0 spiro atoms. The van der Waals surface area contributed by atoms with Crippen LogP contribution in [0.2, 0.25) is 0 Å². The molecule has 30 heavy (non-hydrogen) atoms. The highest BCUT2D eigenvalue weighted by Gasteiger charge is 2.24. The number of methoxy groups -OCH3 is 1. The molecule has 0 radical (unpaired) electrons. The van der Waals surface area contributed by atoms with E-state index in [1.54, 1.807) is 26.1 Å². The smallest absolute Gasteiger partial charge is 0.319 e. The lowest BCUT2D eigenvalue weighted by Gasteiger charge is -2.36. The average molecular weight is 423 g/mol. The molecule has 0 saturated carbocycles. The van der Waals surface area contributed by atoms with Crippen molar-refractivity contribution >= 4 is 6.03 Å². The lowest BCUT2D eigenvalue weighted by atomic mass is 10.2. The number of ether oxygens (including phenoxy) is 2. The third-order valence-electron chi connectivity index (χ3n) is 5.34. The zero-order valence-corrected chi connectivity index (χ0v) is 18.2. The number of amides is 2. The molecule has 0 bridgehead atoms. The van der Waals surface area contributed by atoms with Crippen LogP contribution in [-0.2, 0) is 11.4 Å². The minimum atomic E-state index is -0.628. The first kappa shape index (κ1) is 22.6. The van der Waals surface area contributed by atoms with E-state index in [0.717, 1.165) is 38.2 Å². The van der Waals surface area contributed by atoms with Crippen molar-refractivity contribution in [3.8, 4) is 11.5 Å². The number of aliphatic hydroxyl groups excluding tert-OH is 1. The summed E-state index contributed by atoms with van der Waals surface area (Å²) in [5.41, 5.74) is 1.07. The summed E-state index contributed by atoms with van der Waals surface area (Å²) in [6, 6.07) is 5.86. The molecule has 2 heterocycles. The van der Waals surface area contributed by atoms with Gasteiger partial charge in [-0.05, 0) is 24.1 Å². The number of carbonyl (C=O) groups excluding carboxylic acids is 1. The van der Waals surface area contributed by atoms with E-state index in [4.69, 9.17) is 14.3 Å². The molecule has 2 saturated heterocycles. The highest BCUT2D eigenvalue weighted by Crippen LogP contribution is 2.29. The maximum absolute atomic E-state index is 12.0. The van der Waals surface area contributed by atoms with Gasteiger partial charge in [-0.25, -0.2) is 4.79 Å². The van der Waals surface area contributed by atoms with Crippen molar-refractivity contribution in [1.82, 2.24) is 19.8 Å². The number of nitrogens with zero attached hydrogens (tertiary/aromatic N) is 4. The molecule has 9 heteroatoms. The molecular formula is C21H34N4O5. The molecule has 1 aromatic rings. The Kier molecular flexibility index (Phi) is 8.15. The predicted molar refractivity (Wildman–Crippen MR) is 113 cm³/mol. The lowest BCUT2D eigenvalue weighted by molar-refractivity contribution is -0.117. The quantitative estimate of drug-likeness (QED) is 0.666. The molecular weight excluding hydrogens is 388 g/mol. The number of β-amino-alcohol motifs (C(OH)–C–C–N with tert-alkyl or cyclic N) is 1. The molecule has 2 amide bonds. The van der Waals surface area contributed by atoms with Crippen LogP contribution in [0.3, 0.4) is 0 Å². The van der Waals surface area contributed by atoms with Gasteiger partial charge in [-0.1, -0.05) is 6.07 Å². The molecule has 1 N–H and O–H groups in total. The van der Waals surface area contributed by atoms with Crippen LogP contribution in [0, 0.1) is 0 Å². The zero-order chi connectivity index (χ0) is 21.5. The minimum Gasteiger partial charge on any atom is -0.493 e. The van der Waals surface area contributed by atoms with Gasteiger partial charge in [-0.2, -0.15) is 5.06 Å². The number of urea groups is 1. The number of carbonyl (C=O) groups is 1. The highest BCUT2D eigenvalue weighted by molar-refractivity contribution is 5.73. The maximum Gasteiger partial charge on any atom is 0.319 e. The standard InChI is InChI=1S/C21H34N4O5/c1-22(2)21(27)24-10-8-23(9-11-24)15-18(26)16-29-20-13-17(5-6-19(20)28-3)14-25-7-4-12-30-25/h5-6,13,18,26H,4,7-12,14-16H2,1-3H3. The third kappa shape index (κ3) is 6.21. The molecule has 2 aliphatic heterocycles. The van der Waals surface area contributed by atoms with Crippen molar-refractivity contribution < 1.29 is 24.2 Å². The Bertz CT molecular complexity index is 688. The molecule has 2 aliphatic rings. The van der Waals surface area contributed by atoms with Crippen molar-refractivity contribution in [1.29, 1.82) is 0 Å². The van der Waals surface area contributed by atoms with Crippen LogP contribution in [0.25, 0.3) is 0 Å². The van der Waals surface area contributed by atoms with E-state index in [1.807, 2.05) is 28.2 Å². The number of hydrogen-bond acceptors (Lipinski definition) is 7. The van der Waals surface area contributed by atoms with Crippen LogP contribution in [0.4, 0.5) is 4.79 Å². The Morgan fingerprint density at radius 2 is 1.97 bits per heavy atom. The van der Waals surface area contributed by atoms with Gasteiger partial charge in [0.1, 0.15) is 12.7 Å². The fourth-order valence-corrected chi connectivity index (χ4v) is 3.70. The molecule has 0 aromatic heterocycles. The Hall–Kier alpha value is -2.07. The van der Waals surface area contributed by atoms with Crippen molar-refractivity contribution in [3.05, 3.63) is 23.8 Å². The topological polar surface area (TPSA) is 78.0 Å². The van der Waals surface area contributed by atoms with E-state index < -0.39 is 6.10 Å². The van der Waals surface area contributed by atoms with E-state index >= 15 is 0 Å². The number of rotatable bonds is 8. The van der Waals surface area contributed by atoms with E-state index in [1.165, 1.54) is 0 Å². The van der Waals surface area contributed by atoms with Crippen LogP contribution >= 0.6 is 0 Å². The van der Waals surface area contributed by atoms with E-state index in [2.05, 4.69) is 4.90 Å². The molecule has 0 aliphatic carbocycles. The van der Waals surface area contributed by atoms with Crippen LogP contribution < -0.4 is 9.47 Å². The summed E-state index contributed by atoms with van der Waals surface area (Å²) in [6.07, 6.45) is 0.417. The number of hydroxylamine groups is 2.